The van der Waals surface area contributed by atoms with Crippen LogP contribution in [-0.4, -0.2) is 10.8 Å². The number of allylic oxidation sites excluding steroid dienone is 1. The van der Waals surface area contributed by atoms with E-state index < -0.39 is 0 Å². The monoisotopic (exact) mass is 231 g/mol. The van der Waals surface area contributed by atoms with E-state index in [-0.39, 0.29) is 11.7 Å². The highest BCUT2D eigenvalue weighted by Gasteiger charge is 2.17. The molecular weight excluding hydrogens is 210 g/mol. The van der Waals surface area contributed by atoms with E-state index in [0.717, 1.165) is 18.4 Å². The molecule has 1 unspecified atom stereocenters. The van der Waals surface area contributed by atoms with Crippen LogP contribution in [0.1, 0.15) is 50.5 Å². The molecule has 1 aromatic heterocycles. The first kappa shape index (κ1) is 13.6. The van der Waals surface area contributed by atoms with Crippen LogP contribution in [0.25, 0.3) is 0 Å². The van der Waals surface area contributed by atoms with Gasteiger partial charge in [-0.1, -0.05) is 45.3 Å². The molecule has 2 heteroatoms. The summed E-state index contributed by atoms with van der Waals surface area (Å²) in [5.41, 5.74) is 1.01. The number of carbonyl (C=O) groups is 1. The predicted molar refractivity (Wildman–Crippen MR) is 70.9 cm³/mol. The standard InChI is InChI=1S/C15H21NO/c1-3-5-6-7-10-14(15(17)4-2)13-9-8-11-16-12-13/h4,8-9,11-12,14H,2-3,5-7,10H2,1H3. The third kappa shape index (κ3) is 4.51. The number of aromatic nitrogens is 1. The molecule has 1 atom stereocenters. The summed E-state index contributed by atoms with van der Waals surface area (Å²) >= 11 is 0. The maximum absolute atomic E-state index is 11.8. The lowest BCUT2D eigenvalue weighted by Crippen LogP contribution is -2.10. The molecule has 0 aromatic carbocycles. The molecule has 0 aliphatic heterocycles. The Balaban J connectivity index is 2.62. The number of unbranched alkanes of at least 4 members (excludes halogenated alkanes) is 3. The number of hydrogen-bond donors (Lipinski definition) is 0. The Morgan fingerprint density at radius 2 is 2.29 bits per heavy atom. The van der Waals surface area contributed by atoms with Crippen LogP contribution in [0.15, 0.2) is 37.2 Å². The number of hydrogen-bond acceptors (Lipinski definition) is 2. The molecule has 0 fully saturated rings. The minimum absolute atomic E-state index is 0.0574. The second-order valence-electron chi connectivity index (χ2n) is 4.29. The molecule has 0 saturated carbocycles. The van der Waals surface area contributed by atoms with Gasteiger partial charge in [0.1, 0.15) is 0 Å². The van der Waals surface area contributed by atoms with E-state index in [1.54, 1.807) is 12.4 Å². The van der Waals surface area contributed by atoms with Crippen molar-refractivity contribution >= 4 is 5.78 Å². The van der Waals surface area contributed by atoms with Gasteiger partial charge in [-0.15, -0.1) is 0 Å². The molecule has 1 rings (SSSR count). The van der Waals surface area contributed by atoms with E-state index in [1.165, 1.54) is 25.3 Å². The van der Waals surface area contributed by atoms with Gasteiger partial charge in [-0.05, 0) is 24.1 Å². The van der Waals surface area contributed by atoms with Gasteiger partial charge in [-0.2, -0.15) is 0 Å². The van der Waals surface area contributed by atoms with Gasteiger partial charge in [0, 0.05) is 18.3 Å². The summed E-state index contributed by atoms with van der Waals surface area (Å²) in [5, 5.41) is 0. The molecule has 0 aliphatic carbocycles. The second kappa shape index (κ2) is 7.77. The quantitative estimate of drug-likeness (QED) is 0.502. The minimum atomic E-state index is -0.0574. The molecule has 0 radical (unpaired) electrons. The zero-order chi connectivity index (χ0) is 12.5. The van der Waals surface area contributed by atoms with Gasteiger partial charge < -0.3 is 0 Å². The number of pyridine rings is 1. The molecule has 0 saturated heterocycles. The fourth-order valence-corrected chi connectivity index (χ4v) is 1.97. The number of rotatable bonds is 8. The van der Waals surface area contributed by atoms with Crippen LogP contribution in [0.5, 0.6) is 0 Å². The maximum atomic E-state index is 11.8. The smallest absolute Gasteiger partial charge is 0.162 e. The van der Waals surface area contributed by atoms with Crippen molar-refractivity contribution in [2.24, 2.45) is 0 Å². The Bertz CT molecular complexity index is 345. The Kier molecular flexibility index (Phi) is 6.23. The van der Waals surface area contributed by atoms with Crippen LogP contribution in [0.4, 0.5) is 0 Å². The van der Waals surface area contributed by atoms with E-state index in [1.807, 2.05) is 12.1 Å². The Hall–Kier alpha value is -1.44. The summed E-state index contributed by atoms with van der Waals surface area (Å²) in [6.07, 6.45) is 10.6. The van der Waals surface area contributed by atoms with Crippen molar-refractivity contribution in [1.29, 1.82) is 0 Å². The summed E-state index contributed by atoms with van der Waals surface area (Å²) in [6.45, 7) is 5.77. The molecule has 0 bridgehead atoms. The lowest BCUT2D eigenvalue weighted by molar-refractivity contribution is -0.116. The van der Waals surface area contributed by atoms with Crippen LogP contribution in [0.2, 0.25) is 0 Å². The highest BCUT2D eigenvalue weighted by atomic mass is 16.1. The fraction of sp³-hybridized carbons (Fsp3) is 0.467. The third-order valence-corrected chi connectivity index (χ3v) is 2.98. The van der Waals surface area contributed by atoms with Gasteiger partial charge in [0.25, 0.3) is 0 Å². The van der Waals surface area contributed by atoms with Crippen molar-refractivity contribution in [2.75, 3.05) is 0 Å². The summed E-state index contributed by atoms with van der Waals surface area (Å²) in [6, 6.07) is 3.85. The van der Waals surface area contributed by atoms with Gasteiger partial charge in [-0.25, -0.2) is 0 Å². The normalized spacial score (nSPS) is 12.1. The molecule has 0 N–H and O–H groups in total. The third-order valence-electron chi connectivity index (χ3n) is 2.98. The zero-order valence-electron chi connectivity index (χ0n) is 10.6. The van der Waals surface area contributed by atoms with Crippen molar-refractivity contribution in [3.8, 4) is 0 Å². The van der Waals surface area contributed by atoms with Gasteiger partial charge in [-0.3, -0.25) is 9.78 Å². The fourth-order valence-electron chi connectivity index (χ4n) is 1.97. The van der Waals surface area contributed by atoms with Crippen LogP contribution >= 0.6 is 0 Å². The van der Waals surface area contributed by atoms with E-state index in [0.29, 0.717) is 0 Å². The maximum Gasteiger partial charge on any atom is 0.162 e. The average molecular weight is 231 g/mol. The SMILES string of the molecule is C=CC(=O)C(CCCCCC)c1cccnc1. The van der Waals surface area contributed by atoms with Gasteiger partial charge in [0.05, 0.1) is 0 Å². The first-order valence-electron chi connectivity index (χ1n) is 6.35. The molecular formula is C15H21NO. The number of ketones is 1. The highest BCUT2D eigenvalue weighted by molar-refractivity contribution is 5.94. The van der Waals surface area contributed by atoms with E-state index in [4.69, 9.17) is 0 Å². The average Bonchev–Trinajstić information content (AvgIpc) is 2.39. The summed E-state index contributed by atoms with van der Waals surface area (Å²) < 4.78 is 0. The molecule has 2 nitrogen and oxygen atoms in total. The van der Waals surface area contributed by atoms with Gasteiger partial charge in [0.15, 0.2) is 5.78 Å². The molecule has 1 heterocycles. The molecule has 1 aromatic rings. The molecule has 17 heavy (non-hydrogen) atoms. The zero-order valence-corrected chi connectivity index (χ0v) is 10.6. The van der Waals surface area contributed by atoms with Crippen molar-refractivity contribution in [3.05, 3.63) is 42.7 Å². The van der Waals surface area contributed by atoms with Gasteiger partial charge in [0.2, 0.25) is 0 Å². The van der Waals surface area contributed by atoms with E-state index >= 15 is 0 Å². The molecule has 0 amide bonds. The first-order valence-corrected chi connectivity index (χ1v) is 6.35. The van der Waals surface area contributed by atoms with Crippen LogP contribution in [0.3, 0.4) is 0 Å². The Morgan fingerprint density at radius 3 is 2.88 bits per heavy atom. The second-order valence-corrected chi connectivity index (χ2v) is 4.29. The predicted octanol–water partition coefficient (Wildman–Crippen LogP) is 3.89. The lowest BCUT2D eigenvalue weighted by Gasteiger charge is -2.13. The van der Waals surface area contributed by atoms with Crippen molar-refractivity contribution < 1.29 is 4.79 Å². The van der Waals surface area contributed by atoms with Crippen molar-refractivity contribution in [1.82, 2.24) is 4.98 Å². The topological polar surface area (TPSA) is 30.0 Å². The van der Waals surface area contributed by atoms with Crippen LogP contribution in [-0.2, 0) is 4.79 Å². The summed E-state index contributed by atoms with van der Waals surface area (Å²) in [4.78, 5) is 15.9. The first-order chi connectivity index (χ1) is 8.29. The van der Waals surface area contributed by atoms with E-state index in [2.05, 4.69) is 18.5 Å². The summed E-state index contributed by atoms with van der Waals surface area (Å²) in [7, 11) is 0. The minimum Gasteiger partial charge on any atom is -0.294 e. The van der Waals surface area contributed by atoms with E-state index in [9.17, 15) is 4.79 Å². The highest BCUT2D eigenvalue weighted by Crippen LogP contribution is 2.23. The lowest BCUT2D eigenvalue weighted by atomic mass is 9.90. The Morgan fingerprint density at radius 1 is 1.47 bits per heavy atom. The van der Waals surface area contributed by atoms with Crippen LogP contribution < -0.4 is 0 Å². The van der Waals surface area contributed by atoms with Crippen molar-refractivity contribution in [2.45, 2.75) is 44.9 Å². The van der Waals surface area contributed by atoms with Crippen molar-refractivity contribution in [3.63, 3.8) is 0 Å². The number of carbonyl (C=O) groups excluding carboxylic acids is 1. The van der Waals surface area contributed by atoms with Gasteiger partial charge >= 0.3 is 0 Å². The van der Waals surface area contributed by atoms with Crippen LogP contribution in [0, 0.1) is 0 Å². The molecule has 0 aliphatic rings. The largest absolute Gasteiger partial charge is 0.294 e. The molecule has 0 spiro atoms. The Labute approximate surface area is 104 Å². The summed E-state index contributed by atoms with van der Waals surface area (Å²) in [5.74, 6) is 0.0487. The number of nitrogens with zero attached hydrogens (tertiary/aromatic N) is 1. The molecule has 92 valence electrons.